The highest BCUT2D eigenvalue weighted by Crippen LogP contribution is 2.33. The van der Waals surface area contributed by atoms with Gasteiger partial charge in [0.05, 0.1) is 4.90 Å². The van der Waals surface area contributed by atoms with Gasteiger partial charge in [-0.1, -0.05) is 25.5 Å². The number of rotatable bonds is 7. The predicted molar refractivity (Wildman–Crippen MR) is 83.0 cm³/mol. The van der Waals surface area contributed by atoms with Crippen molar-refractivity contribution in [3.8, 4) is 0 Å². The molecular weight excluding hydrogens is 286 g/mol. The van der Waals surface area contributed by atoms with E-state index in [9.17, 15) is 13.2 Å². The summed E-state index contributed by atoms with van der Waals surface area (Å²) in [4.78, 5) is 12.4. The van der Waals surface area contributed by atoms with Crippen LogP contribution in [0.2, 0.25) is 0 Å². The van der Waals surface area contributed by atoms with Crippen molar-refractivity contribution >= 4 is 15.8 Å². The van der Waals surface area contributed by atoms with Crippen LogP contribution in [0.15, 0.2) is 23.1 Å². The highest BCUT2D eigenvalue weighted by Gasteiger charge is 2.31. The number of benzene rings is 1. The first-order chi connectivity index (χ1) is 9.87. The lowest BCUT2D eigenvalue weighted by atomic mass is 10.1. The van der Waals surface area contributed by atoms with Crippen LogP contribution in [0.1, 0.15) is 48.5 Å². The summed E-state index contributed by atoms with van der Waals surface area (Å²) in [5.41, 5.74) is 1.20. The first kappa shape index (κ1) is 16.2. The molecule has 0 heterocycles. The molecule has 0 spiro atoms. The number of Topliss-reactive ketones (excluding diaryl/α,β-unsaturated/α-hetero) is 1. The molecule has 1 aliphatic rings. The summed E-state index contributed by atoms with van der Waals surface area (Å²) in [5.74, 6) is 0.170. The Hall–Kier alpha value is -1.20. The molecule has 0 bridgehead atoms. The smallest absolute Gasteiger partial charge is 0.243 e. The molecule has 0 aliphatic heterocycles. The Balaban J connectivity index is 2.33. The van der Waals surface area contributed by atoms with E-state index >= 15 is 0 Å². The summed E-state index contributed by atoms with van der Waals surface area (Å²) >= 11 is 0. The van der Waals surface area contributed by atoms with Crippen molar-refractivity contribution in [2.75, 3.05) is 13.6 Å². The second kappa shape index (κ2) is 6.28. The van der Waals surface area contributed by atoms with Gasteiger partial charge in [-0.2, -0.15) is 0 Å². The third-order valence-corrected chi connectivity index (χ3v) is 5.93. The van der Waals surface area contributed by atoms with E-state index in [1.54, 1.807) is 32.2 Å². The van der Waals surface area contributed by atoms with Gasteiger partial charge in [0.2, 0.25) is 10.0 Å². The zero-order valence-corrected chi connectivity index (χ0v) is 13.7. The molecule has 2 rings (SSSR count). The Kier molecular flexibility index (Phi) is 4.84. The van der Waals surface area contributed by atoms with E-state index in [2.05, 4.69) is 0 Å². The Morgan fingerprint density at radius 3 is 2.57 bits per heavy atom. The first-order valence-corrected chi connectivity index (χ1v) is 8.93. The van der Waals surface area contributed by atoms with E-state index in [4.69, 9.17) is 0 Å². The molecule has 21 heavy (non-hydrogen) atoms. The molecule has 1 saturated carbocycles. The fourth-order valence-electron chi connectivity index (χ4n) is 2.28. The number of sulfonamides is 1. The van der Waals surface area contributed by atoms with Gasteiger partial charge in [0, 0.05) is 25.1 Å². The minimum absolute atomic E-state index is 0.0719. The molecule has 4 nitrogen and oxygen atoms in total. The van der Waals surface area contributed by atoms with Crippen LogP contribution in [-0.4, -0.2) is 32.1 Å². The largest absolute Gasteiger partial charge is 0.294 e. The quantitative estimate of drug-likeness (QED) is 0.728. The van der Waals surface area contributed by atoms with Crippen LogP contribution in [-0.2, 0) is 10.0 Å². The number of nitrogens with zero attached hydrogens (tertiary/aromatic N) is 1. The molecule has 116 valence electrons. The van der Waals surface area contributed by atoms with E-state index in [0.717, 1.165) is 25.7 Å². The summed E-state index contributed by atoms with van der Waals surface area (Å²) in [5, 5.41) is 0. The number of hydrogen-bond acceptors (Lipinski definition) is 3. The van der Waals surface area contributed by atoms with E-state index in [-0.39, 0.29) is 16.6 Å². The van der Waals surface area contributed by atoms with Crippen molar-refractivity contribution in [3.05, 3.63) is 29.3 Å². The van der Waals surface area contributed by atoms with Gasteiger partial charge in [0.1, 0.15) is 0 Å². The molecule has 0 amide bonds. The number of aryl methyl sites for hydroxylation is 1. The maximum atomic E-state index is 12.6. The number of unbranched alkanes of at least 4 members (excludes halogenated alkanes) is 1. The van der Waals surface area contributed by atoms with Crippen LogP contribution in [0.25, 0.3) is 0 Å². The molecule has 0 radical (unpaired) electrons. The fraction of sp³-hybridized carbons (Fsp3) is 0.562. The SMILES string of the molecule is CCCCN(C)S(=O)(=O)c1cc(C(=O)C2CC2)ccc1C. The molecule has 5 heteroatoms. The van der Waals surface area contributed by atoms with Crippen LogP contribution in [0.5, 0.6) is 0 Å². The number of ketones is 1. The van der Waals surface area contributed by atoms with E-state index in [1.807, 2.05) is 6.92 Å². The lowest BCUT2D eigenvalue weighted by Gasteiger charge is -2.18. The summed E-state index contributed by atoms with van der Waals surface area (Å²) in [6.07, 6.45) is 3.62. The van der Waals surface area contributed by atoms with E-state index in [1.165, 1.54) is 4.31 Å². The van der Waals surface area contributed by atoms with Crippen LogP contribution in [0.4, 0.5) is 0 Å². The van der Waals surface area contributed by atoms with Gasteiger partial charge in [-0.15, -0.1) is 0 Å². The third kappa shape index (κ3) is 3.52. The van der Waals surface area contributed by atoms with Gasteiger partial charge in [-0.3, -0.25) is 4.79 Å². The first-order valence-electron chi connectivity index (χ1n) is 7.49. The number of hydrogen-bond donors (Lipinski definition) is 0. The summed E-state index contributed by atoms with van der Waals surface area (Å²) in [7, 11) is -1.93. The zero-order valence-electron chi connectivity index (χ0n) is 12.9. The fourth-order valence-corrected chi connectivity index (χ4v) is 3.74. The normalized spacial score (nSPS) is 15.4. The van der Waals surface area contributed by atoms with Crippen molar-refractivity contribution in [2.45, 2.75) is 44.4 Å². The summed E-state index contributed by atoms with van der Waals surface area (Å²) in [6.45, 7) is 4.30. The lowest BCUT2D eigenvalue weighted by molar-refractivity contribution is 0.0967. The molecule has 0 unspecified atom stereocenters. The van der Waals surface area contributed by atoms with Gasteiger partial charge in [-0.05, 0) is 37.8 Å². The molecular formula is C16H23NO3S. The molecule has 0 N–H and O–H groups in total. The zero-order chi connectivity index (χ0) is 15.6. The van der Waals surface area contributed by atoms with Gasteiger partial charge >= 0.3 is 0 Å². The minimum Gasteiger partial charge on any atom is -0.294 e. The molecule has 1 aromatic carbocycles. The standard InChI is InChI=1S/C16H23NO3S/c1-4-5-10-17(3)21(19,20)15-11-14(7-6-12(15)2)16(18)13-8-9-13/h6-7,11,13H,4-5,8-10H2,1-3H3. The average molecular weight is 309 g/mol. The van der Waals surface area contributed by atoms with Crippen molar-refractivity contribution in [3.63, 3.8) is 0 Å². The Bertz CT molecular complexity index is 633. The summed E-state index contributed by atoms with van der Waals surface area (Å²) in [6, 6.07) is 5.02. The second-order valence-corrected chi connectivity index (χ2v) is 7.81. The molecule has 1 fully saturated rings. The minimum atomic E-state index is -3.52. The molecule has 1 aromatic rings. The maximum Gasteiger partial charge on any atom is 0.243 e. The predicted octanol–water partition coefficient (Wildman–Crippen LogP) is 3.01. The van der Waals surface area contributed by atoms with Crippen molar-refractivity contribution < 1.29 is 13.2 Å². The van der Waals surface area contributed by atoms with Crippen molar-refractivity contribution in [1.82, 2.24) is 4.31 Å². The number of carbonyl (C=O) groups excluding carboxylic acids is 1. The molecule has 0 atom stereocenters. The van der Waals surface area contributed by atoms with Crippen LogP contribution in [0, 0.1) is 12.8 Å². The van der Waals surface area contributed by atoms with Crippen molar-refractivity contribution in [1.29, 1.82) is 0 Å². The monoisotopic (exact) mass is 309 g/mol. The van der Waals surface area contributed by atoms with Gasteiger partial charge in [0.25, 0.3) is 0 Å². The van der Waals surface area contributed by atoms with Gasteiger partial charge in [-0.25, -0.2) is 12.7 Å². The Labute approximate surface area is 127 Å². The third-order valence-electron chi connectivity index (χ3n) is 3.94. The number of carbonyl (C=O) groups is 1. The highest BCUT2D eigenvalue weighted by atomic mass is 32.2. The topological polar surface area (TPSA) is 54.5 Å². The Morgan fingerprint density at radius 1 is 1.33 bits per heavy atom. The average Bonchev–Trinajstić information content (AvgIpc) is 3.28. The second-order valence-electron chi connectivity index (χ2n) is 5.80. The van der Waals surface area contributed by atoms with Gasteiger partial charge in [0.15, 0.2) is 5.78 Å². The van der Waals surface area contributed by atoms with Crippen molar-refractivity contribution in [2.24, 2.45) is 5.92 Å². The molecule has 1 aliphatic carbocycles. The highest BCUT2D eigenvalue weighted by molar-refractivity contribution is 7.89. The van der Waals surface area contributed by atoms with Crippen LogP contribution >= 0.6 is 0 Å². The lowest BCUT2D eigenvalue weighted by Crippen LogP contribution is -2.28. The van der Waals surface area contributed by atoms with E-state index in [0.29, 0.717) is 17.7 Å². The summed E-state index contributed by atoms with van der Waals surface area (Å²) < 4.78 is 26.6. The van der Waals surface area contributed by atoms with Crippen LogP contribution < -0.4 is 0 Å². The maximum absolute atomic E-state index is 12.6. The van der Waals surface area contributed by atoms with Gasteiger partial charge < -0.3 is 0 Å². The van der Waals surface area contributed by atoms with E-state index < -0.39 is 10.0 Å². The Morgan fingerprint density at radius 2 is 2.00 bits per heavy atom. The molecule has 0 aromatic heterocycles. The molecule has 0 saturated heterocycles. The van der Waals surface area contributed by atoms with Crippen LogP contribution in [0.3, 0.4) is 0 Å².